The lowest BCUT2D eigenvalue weighted by atomic mass is 10.0. The molecule has 1 rings (SSSR count). The smallest absolute Gasteiger partial charge is 0.176 e. The maximum Gasteiger partial charge on any atom is 0.176 e. The first kappa shape index (κ1) is 16.0. The number of hydrogen-bond donors (Lipinski definition) is 1. The first-order chi connectivity index (χ1) is 9.17. The number of hydrogen-bond acceptors (Lipinski definition) is 4. The minimum absolute atomic E-state index is 0.00538. The van der Waals surface area contributed by atoms with Crippen molar-refractivity contribution in [2.45, 2.75) is 33.1 Å². The van der Waals surface area contributed by atoms with E-state index in [9.17, 15) is 0 Å². The zero-order chi connectivity index (χ0) is 14.3. The van der Waals surface area contributed by atoms with Gasteiger partial charge >= 0.3 is 0 Å². The predicted molar refractivity (Wildman–Crippen MR) is 76.6 cm³/mol. The fraction of sp³-hybridized carbons (Fsp3) is 0.600. The van der Waals surface area contributed by atoms with E-state index in [0.29, 0.717) is 13.2 Å². The third-order valence-electron chi connectivity index (χ3n) is 3.06. The van der Waals surface area contributed by atoms with E-state index >= 15 is 0 Å². The zero-order valence-corrected chi connectivity index (χ0v) is 12.5. The number of methoxy groups -OCH3 is 1. The molecule has 0 radical (unpaired) electrons. The van der Waals surface area contributed by atoms with Gasteiger partial charge in [-0.3, -0.25) is 0 Å². The zero-order valence-electron chi connectivity index (χ0n) is 12.5. The molecule has 0 heterocycles. The van der Waals surface area contributed by atoms with Crippen LogP contribution < -0.4 is 10.1 Å². The predicted octanol–water partition coefficient (Wildman–Crippen LogP) is 2.66. The van der Waals surface area contributed by atoms with E-state index in [-0.39, 0.29) is 12.3 Å². The lowest BCUT2D eigenvalue weighted by Gasteiger charge is -2.28. The van der Waals surface area contributed by atoms with E-state index in [1.807, 2.05) is 33.0 Å². The molecule has 19 heavy (non-hydrogen) atoms. The van der Waals surface area contributed by atoms with E-state index < -0.39 is 0 Å². The molecule has 108 valence electrons. The summed E-state index contributed by atoms with van der Waals surface area (Å²) in [7, 11) is 3.59. The van der Waals surface area contributed by atoms with Crippen molar-refractivity contribution < 1.29 is 14.2 Å². The Morgan fingerprint density at radius 1 is 1.16 bits per heavy atom. The molecule has 0 aromatic heterocycles. The monoisotopic (exact) mass is 267 g/mol. The van der Waals surface area contributed by atoms with Gasteiger partial charge in [0.05, 0.1) is 13.2 Å². The average molecular weight is 267 g/mol. The van der Waals surface area contributed by atoms with Crippen molar-refractivity contribution in [3.05, 3.63) is 29.3 Å². The van der Waals surface area contributed by atoms with Gasteiger partial charge in [0, 0.05) is 13.2 Å². The Bertz CT molecular complexity index is 376. The van der Waals surface area contributed by atoms with Crippen molar-refractivity contribution in [2.24, 2.45) is 0 Å². The van der Waals surface area contributed by atoms with Crippen LogP contribution in [0.15, 0.2) is 18.2 Å². The van der Waals surface area contributed by atoms with Crippen LogP contribution in [0.4, 0.5) is 0 Å². The normalized spacial score (nSPS) is 12.7. The van der Waals surface area contributed by atoms with Gasteiger partial charge in [0.25, 0.3) is 0 Å². The first-order valence-electron chi connectivity index (χ1n) is 6.72. The molecule has 1 aromatic carbocycles. The molecular weight excluding hydrogens is 242 g/mol. The minimum Gasteiger partial charge on any atom is -0.497 e. The third kappa shape index (κ3) is 4.20. The van der Waals surface area contributed by atoms with Gasteiger partial charge in [-0.2, -0.15) is 0 Å². The molecule has 0 aliphatic carbocycles. The van der Waals surface area contributed by atoms with E-state index in [1.54, 1.807) is 7.11 Å². The molecule has 0 fully saturated rings. The van der Waals surface area contributed by atoms with Crippen LogP contribution in [0.5, 0.6) is 5.75 Å². The first-order valence-corrected chi connectivity index (χ1v) is 6.72. The van der Waals surface area contributed by atoms with E-state index in [0.717, 1.165) is 16.9 Å². The van der Waals surface area contributed by atoms with Crippen molar-refractivity contribution in [3.63, 3.8) is 0 Å². The molecule has 0 bridgehead atoms. The summed E-state index contributed by atoms with van der Waals surface area (Å²) in [5.41, 5.74) is 2.32. The molecule has 1 unspecified atom stereocenters. The van der Waals surface area contributed by atoms with Gasteiger partial charge in [0.15, 0.2) is 6.29 Å². The summed E-state index contributed by atoms with van der Waals surface area (Å²) in [6.45, 7) is 7.26. The Kier molecular flexibility index (Phi) is 6.84. The van der Waals surface area contributed by atoms with Crippen molar-refractivity contribution in [3.8, 4) is 5.75 Å². The number of likely N-dealkylation sites (N-methyl/N-ethyl adjacent to an activating group) is 1. The largest absolute Gasteiger partial charge is 0.497 e. The van der Waals surface area contributed by atoms with Gasteiger partial charge in [-0.05, 0) is 51.1 Å². The summed E-state index contributed by atoms with van der Waals surface area (Å²) in [4.78, 5) is 0. The highest BCUT2D eigenvalue weighted by atomic mass is 16.7. The van der Waals surface area contributed by atoms with Crippen LogP contribution in [0.3, 0.4) is 0 Å². The molecule has 0 amide bonds. The van der Waals surface area contributed by atoms with Crippen LogP contribution in [-0.2, 0) is 9.47 Å². The fourth-order valence-electron chi connectivity index (χ4n) is 2.13. The highest BCUT2D eigenvalue weighted by molar-refractivity contribution is 5.37. The Balaban J connectivity index is 2.99. The van der Waals surface area contributed by atoms with Gasteiger partial charge in [-0.15, -0.1) is 0 Å². The van der Waals surface area contributed by atoms with Crippen LogP contribution in [-0.4, -0.2) is 33.7 Å². The minimum atomic E-state index is -0.285. The van der Waals surface area contributed by atoms with E-state index in [4.69, 9.17) is 14.2 Å². The summed E-state index contributed by atoms with van der Waals surface area (Å²) in [6.07, 6.45) is -0.285. The summed E-state index contributed by atoms with van der Waals surface area (Å²) in [5, 5.41) is 3.28. The second-order valence-corrected chi connectivity index (χ2v) is 4.27. The molecule has 4 nitrogen and oxygen atoms in total. The van der Waals surface area contributed by atoms with E-state index in [1.165, 1.54) is 0 Å². The quantitative estimate of drug-likeness (QED) is 0.735. The number of benzene rings is 1. The molecular formula is C15H25NO3. The SMILES string of the molecule is CCOC(OCC)C(NC)c1ccc(OC)cc1C. The van der Waals surface area contributed by atoms with Crippen molar-refractivity contribution in [1.29, 1.82) is 0 Å². The van der Waals surface area contributed by atoms with Crippen LogP contribution in [0.25, 0.3) is 0 Å². The molecule has 1 atom stereocenters. The summed E-state index contributed by atoms with van der Waals surface area (Å²) >= 11 is 0. The maximum atomic E-state index is 5.69. The van der Waals surface area contributed by atoms with Crippen molar-refractivity contribution in [2.75, 3.05) is 27.4 Å². The van der Waals surface area contributed by atoms with Crippen molar-refractivity contribution in [1.82, 2.24) is 5.32 Å². The second-order valence-electron chi connectivity index (χ2n) is 4.27. The number of nitrogens with one attached hydrogen (secondary N) is 1. The molecule has 0 spiro atoms. The standard InChI is InChI=1S/C15H25NO3/c1-6-18-15(19-7-2)14(16-4)13-9-8-12(17-5)10-11(13)3/h8-10,14-16H,6-7H2,1-5H3. The molecule has 0 saturated carbocycles. The molecule has 1 aromatic rings. The summed E-state index contributed by atoms with van der Waals surface area (Å²) < 4.78 is 16.6. The maximum absolute atomic E-state index is 5.69. The van der Waals surface area contributed by atoms with Gasteiger partial charge in [-0.1, -0.05) is 6.07 Å². The Morgan fingerprint density at radius 2 is 1.79 bits per heavy atom. The van der Waals surface area contributed by atoms with Crippen LogP contribution in [0.1, 0.15) is 31.0 Å². The molecule has 1 N–H and O–H groups in total. The topological polar surface area (TPSA) is 39.7 Å². The van der Waals surface area contributed by atoms with Gasteiger partial charge in [0.1, 0.15) is 5.75 Å². The highest BCUT2D eigenvalue weighted by Gasteiger charge is 2.24. The summed E-state index contributed by atoms with van der Waals surface area (Å²) in [5.74, 6) is 0.862. The van der Waals surface area contributed by atoms with Gasteiger partial charge in [-0.25, -0.2) is 0 Å². The average Bonchev–Trinajstić information content (AvgIpc) is 2.41. The molecule has 4 heteroatoms. The number of rotatable bonds is 8. The second kappa shape index (κ2) is 8.15. The van der Waals surface area contributed by atoms with Crippen LogP contribution in [0.2, 0.25) is 0 Å². The Hall–Kier alpha value is -1.10. The van der Waals surface area contributed by atoms with Crippen molar-refractivity contribution >= 4 is 0 Å². The highest BCUT2D eigenvalue weighted by Crippen LogP contribution is 2.26. The Morgan fingerprint density at radius 3 is 2.21 bits per heavy atom. The molecule has 0 aliphatic heterocycles. The lowest BCUT2D eigenvalue weighted by Crippen LogP contribution is -2.34. The number of aryl methyl sites for hydroxylation is 1. The van der Waals surface area contributed by atoms with Gasteiger partial charge < -0.3 is 19.5 Å². The lowest BCUT2D eigenvalue weighted by molar-refractivity contribution is -0.154. The Labute approximate surface area is 116 Å². The third-order valence-corrected chi connectivity index (χ3v) is 3.06. The van der Waals surface area contributed by atoms with Crippen LogP contribution >= 0.6 is 0 Å². The fourth-order valence-corrected chi connectivity index (χ4v) is 2.13. The van der Waals surface area contributed by atoms with Gasteiger partial charge in [0.2, 0.25) is 0 Å². The summed E-state index contributed by atoms with van der Waals surface area (Å²) in [6, 6.07) is 6.04. The van der Waals surface area contributed by atoms with Crippen LogP contribution in [0, 0.1) is 6.92 Å². The molecule has 0 saturated heterocycles. The van der Waals surface area contributed by atoms with E-state index in [2.05, 4.69) is 18.3 Å². The molecule has 0 aliphatic rings. The number of ether oxygens (including phenoxy) is 3.